The number of rotatable bonds is 4. The molecule has 1 amide bonds. The number of nitrogens with one attached hydrogen (secondary N) is 3. The van der Waals surface area contributed by atoms with Crippen molar-refractivity contribution in [2.75, 3.05) is 0 Å². The van der Waals surface area contributed by atoms with Crippen LogP contribution in [0, 0.1) is 40.2 Å². The molecule has 1 aliphatic carbocycles. The monoisotopic (exact) mass is 447 g/mol. The van der Waals surface area contributed by atoms with E-state index in [1.807, 2.05) is 12.1 Å². The number of hydrogen-bond donors (Lipinski definition) is 3. The van der Waals surface area contributed by atoms with Gasteiger partial charge in [0.1, 0.15) is 17.7 Å². The summed E-state index contributed by atoms with van der Waals surface area (Å²) >= 11 is 0. The largest absolute Gasteiger partial charge is 0.339 e. The molecule has 7 nitrogen and oxygen atoms in total. The molecule has 0 spiro atoms. The van der Waals surface area contributed by atoms with Crippen LogP contribution < -0.4 is 16.2 Å². The van der Waals surface area contributed by atoms with Gasteiger partial charge in [-0.2, -0.15) is 10.5 Å². The number of H-pyrrole nitrogens is 1. The molecule has 9 heteroatoms. The Labute approximate surface area is 187 Å². The third-order valence-electron chi connectivity index (χ3n) is 6.72. The lowest BCUT2D eigenvalue weighted by atomic mass is 9.97. The highest BCUT2D eigenvalue weighted by atomic mass is 19.1. The number of carbonyl (C=O) groups is 1. The number of piperidine rings is 1. The van der Waals surface area contributed by atoms with Crippen LogP contribution in [0.15, 0.2) is 29.1 Å². The Bertz CT molecular complexity index is 1450. The van der Waals surface area contributed by atoms with Crippen molar-refractivity contribution in [2.24, 2.45) is 5.92 Å². The van der Waals surface area contributed by atoms with Crippen molar-refractivity contribution in [2.45, 2.75) is 43.8 Å². The first-order valence-electron chi connectivity index (χ1n) is 10.7. The van der Waals surface area contributed by atoms with E-state index in [-0.39, 0.29) is 57.1 Å². The van der Waals surface area contributed by atoms with E-state index in [1.165, 1.54) is 12.1 Å². The fraction of sp³-hybridized carbons (Fsp3) is 0.333. The molecule has 166 valence electrons. The Kier molecular flexibility index (Phi) is 5.07. The molecule has 5 rings (SSSR count). The molecule has 0 radical (unpaired) electrons. The maximum Gasteiger partial charge on any atom is 0.256 e. The number of benzene rings is 2. The number of pyridine rings is 1. The van der Waals surface area contributed by atoms with Crippen molar-refractivity contribution >= 4 is 27.6 Å². The molecule has 3 N–H and O–H groups in total. The van der Waals surface area contributed by atoms with Crippen molar-refractivity contribution in [1.29, 1.82) is 10.5 Å². The van der Waals surface area contributed by atoms with Crippen molar-refractivity contribution in [3.05, 3.63) is 57.4 Å². The van der Waals surface area contributed by atoms with E-state index in [9.17, 15) is 19.2 Å². The number of hydrogen-bond acceptors (Lipinski definition) is 5. The number of aromatic amines is 1. The summed E-state index contributed by atoms with van der Waals surface area (Å²) in [5.74, 6) is -1.51. The molecule has 1 saturated carbocycles. The summed E-state index contributed by atoms with van der Waals surface area (Å²) in [7, 11) is 0. The van der Waals surface area contributed by atoms with E-state index in [0.717, 1.165) is 31.4 Å². The Hall–Kier alpha value is -3.82. The summed E-state index contributed by atoms with van der Waals surface area (Å²) in [5, 5.41) is 25.1. The highest BCUT2D eigenvalue weighted by Crippen LogP contribution is 2.35. The van der Waals surface area contributed by atoms with Gasteiger partial charge >= 0.3 is 0 Å². The quantitative estimate of drug-likeness (QED) is 0.531. The van der Waals surface area contributed by atoms with Crippen LogP contribution in [0.2, 0.25) is 0 Å². The minimum absolute atomic E-state index is 0.0410. The van der Waals surface area contributed by atoms with Gasteiger partial charge in [0.05, 0.1) is 29.3 Å². The predicted octanol–water partition coefficient (Wildman–Crippen LogP) is 2.52. The normalized spacial score (nSPS) is 22.2. The second kappa shape index (κ2) is 7.95. The van der Waals surface area contributed by atoms with Gasteiger partial charge in [0.25, 0.3) is 5.56 Å². The van der Waals surface area contributed by atoms with Gasteiger partial charge in [-0.3, -0.25) is 9.59 Å². The standard InChI is InChI=1S/C24H19F2N5O2/c25-19-8-16-17-3-11(9-27)4-20(26)22(17)31-23(32)18(16)7-13(19)6-15(10-28)30-24(33)21-12-1-2-14(5-12)29-21/h3-4,7-8,12,14-15,21,29H,1-2,5-6H2,(H,30,33)(H,31,32)/t12-,14+,15?,21-/m0/s1. The van der Waals surface area contributed by atoms with Gasteiger partial charge < -0.3 is 15.6 Å². The molecule has 3 aromatic rings. The zero-order valence-electron chi connectivity index (χ0n) is 17.4. The van der Waals surface area contributed by atoms with Crippen LogP contribution in [0.25, 0.3) is 21.7 Å². The van der Waals surface area contributed by atoms with Crippen LogP contribution in [0.1, 0.15) is 30.4 Å². The number of carbonyl (C=O) groups excluding carboxylic acids is 1. The van der Waals surface area contributed by atoms with Crippen molar-refractivity contribution in [1.82, 2.24) is 15.6 Å². The summed E-state index contributed by atoms with van der Waals surface area (Å²) in [4.78, 5) is 27.7. The molecule has 1 aromatic heterocycles. The van der Waals surface area contributed by atoms with Crippen LogP contribution in [0.4, 0.5) is 8.78 Å². The smallest absolute Gasteiger partial charge is 0.256 e. The first-order chi connectivity index (χ1) is 15.9. The van der Waals surface area contributed by atoms with Crippen LogP contribution in [-0.2, 0) is 11.2 Å². The van der Waals surface area contributed by atoms with E-state index in [1.54, 1.807) is 0 Å². The Morgan fingerprint density at radius 2 is 1.94 bits per heavy atom. The highest BCUT2D eigenvalue weighted by Gasteiger charge is 2.43. The van der Waals surface area contributed by atoms with Gasteiger partial charge in [-0.15, -0.1) is 0 Å². The van der Waals surface area contributed by atoms with E-state index >= 15 is 4.39 Å². The minimum atomic E-state index is -0.979. The zero-order chi connectivity index (χ0) is 23.3. The lowest BCUT2D eigenvalue weighted by molar-refractivity contribution is -0.124. The van der Waals surface area contributed by atoms with Crippen LogP contribution in [-0.4, -0.2) is 29.0 Å². The third kappa shape index (κ3) is 3.61. The summed E-state index contributed by atoms with van der Waals surface area (Å²) in [6.45, 7) is 0. The second-order valence-electron chi connectivity index (χ2n) is 8.74. The van der Waals surface area contributed by atoms with Crippen molar-refractivity contribution in [3.63, 3.8) is 0 Å². The Balaban J connectivity index is 1.47. The summed E-state index contributed by atoms with van der Waals surface area (Å²) in [6, 6.07) is 7.64. The molecule has 2 bridgehead atoms. The average molecular weight is 447 g/mol. The first-order valence-corrected chi connectivity index (χ1v) is 10.7. The van der Waals surface area contributed by atoms with Gasteiger partial charge in [-0.25, -0.2) is 8.78 Å². The summed E-state index contributed by atoms with van der Waals surface area (Å²) in [5.41, 5.74) is -0.610. The van der Waals surface area contributed by atoms with Crippen molar-refractivity contribution in [3.8, 4) is 12.1 Å². The fourth-order valence-electron chi connectivity index (χ4n) is 5.14. The predicted molar refractivity (Wildman–Crippen MR) is 116 cm³/mol. The van der Waals surface area contributed by atoms with E-state index in [4.69, 9.17) is 5.26 Å². The maximum atomic E-state index is 15.0. The summed E-state index contributed by atoms with van der Waals surface area (Å²) < 4.78 is 29.4. The number of aromatic nitrogens is 1. The number of fused-ring (bicyclic) bond motifs is 5. The molecule has 2 heterocycles. The molecular weight excluding hydrogens is 428 g/mol. The average Bonchev–Trinajstić information content (AvgIpc) is 3.44. The van der Waals surface area contributed by atoms with Gasteiger partial charge in [-0.05, 0) is 60.4 Å². The summed E-state index contributed by atoms with van der Waals surface area (Å²) in [6.07, 6.45) is 2.83. The van der Waals surface area contributed by atoms with E-state index in [0.29, 0.717) is 6.04 Å². The highest BCUT2D eigenvalue weighted by molar-refractivity contribution is 6.06. The van der Waals surface area contributed by atoms with E-state index in [2.05, 4.69) is 15.6 Å². The molecule has 2 fully saturated rings. The number of halogens is 2. The lowest BCUT2D eigenvalue weighted by Crippen LogP contribution is -2.50. The Morgan fingerprint density at radius 1 is 1.12 bits per heavy atom. The van der Waals surface area contributed by atoms with Gasteiger partial charge in [0, 0.05) is 23.2 Å². The first kappa shape index (κ1) is 21.0. The van der Waals surface area contributed by atoms with Gasteiger partial charge in [-0.1, -0.05) is 0 Å². The maximum absolute atomic E-state index is 15.0. The molecule has 33 heavy (non-hydrogen) atoms. The number of amides is 1. The van der Waals surface area contributed by atoms with Crippen LogP contribution in [0.5, 0.6) is 0 Å². The second-order valence-corrected chi connectivity index (χ2v) is 8.74. The number of nitrogens with zero attached hydrogens (tertiary/aromatic N) is 2. The van der Waals surface area contributed by atoms with Crippen LogP contribution in [0.3, 0.4) is 0 Å². The molecule has 2 aliphatic rings. The fourth-order valence-corrected chi connectivity index (χ4v) is 5.14. The molecule has 1 saturated heterocycles. The molecule has 2 aromatic carbocycles. The molecule has 1 aliphatic heterocycles. The van der Waals surface area contributed by atoms with Crippen LogP contribution >= 0.6 is 0 Å². The van der Waals surface area contributed by atoms with E-state index < -0.39 is 23.2 Å². The topological polar surface area (TPSA) is 122 Å². The number of nitriles is 2. The van der Waals surface area contributed by atoms with Gasteiger partial charge in [0.2, 0.25) is 5.91 Å². The van der Waals surface area contributed by atoms with Gasteiger partial charge in [0.15, 0.2) is 0 Å². The Morgan fingerprint density at radius 3 is 2.61 bits per heavy atom. The third-order valence-corrected chi connectivity index (χ3v) is 6.72. The lowest BCUT2D eigenvalue weighted by Gasteiger charge is -2.23. The molecule has 4 atom stereocenters. The molecular formula is C24H19F2N5O2. The zero-order valence-corrected chi connectivity index (χ0v) is 17.4. The minimum Gasteiger partial charge on any atom is -0.339 e. The SMILES string of the molecule is N#Cc1cc(F)c2[nH]c(=O)c3cc(CC(C#N)NC(=O)[C@H]4N[C@@H]5CC[C@H]4C5)c(F)cc3c2c1. The van der Waals surface area contributed by atoms with Crippen molar-refractivity contribution < 1.29 is 13.6 Å². The molecule has 1 unspecified atom stereocenters.